The van der Waals surface area contributed by atoms with E-state index in [1.807, 2.05) is 6.07 Å². The number of ether oxygens (including phenoxy) is 2. The number of nitro benzene ring substituents is 1. The Morgan fingerprint density at radius 3 is 2.45 bits per heavy atom. The third-order valence-corrected chi connectivity index (χ3v) is 3.00. The highest BCUT2D eigenvalue weighted by molar-refractivity contribution is 5.74. The lowest BCUT2D eigenvalue weighted by Gasteiger charge is -2.12. The molecule has 2 rings (SSSR count). The summed E-state index contributed by atoms with van der Waals surface area (Å²) in [6.45, 7) is 0. The van der Waals surface area contributed by atoms with Crippen molar-refractivity contribution >= 4 is 17.1 Å². The van der Waals surface area contributed by atoms with Crippen LogP contribution >= 0.6 is 0 Å². The summed E-state index contributed by atoms with van der Waals surface area (Å²) in [5.41, 5.74) is 0.861. The maximum atomic E-state index is 11.1. The highest BCUT2D eigenvalue weighted by atomic mass is 16.6. The van der Waals surface area contributed by atoms with E-state index in [2.05, 4.69) is 5.32 Å². The minimum absolute atomic E-state index is 0.183. The standard InChI is InChI=1S/C15H13N3O4/c1-21-11-4-6-13(15(8-11)22-2)17-12-5-3-10(9-16)7-14(12)18(19)20/h3-8,17H,1-2H3. The van der Waals surface area contributed by atoms with Crippen LogP contribution in [0, 0.1) is 21.4 Å². The number of hydrogen-bond donors (Lipinski definition) is 1. The summed E-state index contributed by atoms with van der Waals surface area (Å²) in [7, 11) is 3.03. The Hall–Kier alpha value is -3.27. The molecular weight excluding hydrogens is 286 g/mol. The van der Waals surface area contributed by atoms with Gasteiger partial charge in [0.15, 0.2) is 0 Å². The fraction of sp³-hybridized carbons (Fsp3) is 0.133. The molecule has 0 aliphatic rings. The third-order valence-electron chi connectivity index (χ3n) is 3.00. The molecule has 0 unspecified atom stereocenters. The van der Waals surface area contributed by atoms with Crippen molar-refractivity contribution in [1.29, 1.82) is 5.26 Å². The van der Waals surface area contributed by atoms with Crippen LogP contribution in [-0.4, -0.2) is 19.1 Å². The fourth-order valence-electron chi connectivity index (χ4n) is 1.90. The van der Waals surface area contributed by atoms with E-state index >= 15 is 0 Å². The van der Waals surface area contributed by atoms with Crippen molar-refractivity contribution < 1.29 is 14.4 Å². The average Bonchev–Trinajstić information content (AvgIpc) is 2.55. The van der Waals surface area contributed by atoms with E-state index in [1.54, 1.807) is 18.2 Å². The molecule has 7 nitrogen and oxygen atoms in total. The minimum atomic E-state index is -0.542. The predicted octanol–water partition coefficient (Wildman–Crippen LogP) is 3.23. The zero-order chi connectivity index (χ0) is 16.1. The number of benzene rings is 2. The minimum Gasteiger partial charge on any atom is -0.497 e. The molecule has 2 aromatic rings. The quantitative estimate of drug-likeness (QED) is 0.672. The van der Waals surface area contributed by atoms with Gasteiger partial charge >= 0.3 is 0 Å². The largest absolute Gasteiger partial charge is 0.497 e. The summed E-state index contributed by atoms with van der Waals surface area (Å²) in [6.07, 6.45) is 0. The Bertz CT molecular complexity index is 753. The van der Waals surface area contributed by atoms with Crippen molar-refractivity contribution in [2.75, 3.05) is 19.5 Å². The number of nitrogens with zero attached hydrogens (tertiary/aromatic N) is 2. The predicted molar refractivity (Wildman–Crippen MR) is 80.6 cm³/mol. The number of nitrogens with one attached hydrogen (secondary N) is 1. The lowest BCUT2D eigenvalue weighted by molar-refractivity contribution is -0.383. The molecule has 0 fully saturated rings. The van der Waals surface area contributed by atoms with E-state index in [9.17, 15) is 10.1 Å². The third kappa shape index (κ3) is 3.07. The molecule has 0 saturated carbocycles. The van der Waals surface area contributed by atoms with Gasteiger partial charge in [-0.05, 0) is 24.3 Å². The molecular formula is C15H13N3O4. The van der Waals surface area contributed by atoms with Crippen molar-refractivity contribution in [3.05, 3.63) is 52.1 Å². The van der Waals surface area contributed by atoms with Crippen LogP contribution in [0.25, 0.3) is 0 Å². The van der Waals surface area contributed by atoms with Gasteiger partial charge in [-0.3, -0.25) is 10.1 Å². The van der Waals surface area contributed by atoms with E-state index < -0.39 is 4.92 Å². The fourth-order valence-corrected chi connectivity index (χ4v) is 1.90. The van der Waals surface area contributed by atoms with Gasteiger partial charge in [0.05, 0.1) is 36.5 Å². The number of methoxy groups -OCH3 is 2. The summed E-state index contributed by atoms with van der Waals surface area (Å²) in [5.74, 6) is 1.09. The van der Waals surface area contributed by atoms with Crippen molar-refractivity contribution in [3.8, 4) is 17.6 Å². The van der Waals surface area contributed by atoms with Crippen molar-refractivity contribution in [2.24, 2.45) is 0 Å². The van der Waals surface area contributed by atoms with E-state index in [4.69, 9.17) is 14.7 Å². The molecule has 7 heteroatoms. The van der Waals surface area contributed by atoms with E-state index in [0.29, 0.717) is 17.2 Å². The first kappa shape index (κ1) is 15.1. The van der Waals surface area contributed by atoms with Crippen LogP contribution in [0.15, 0.2) is 36.4 Å². The molecule has 0 amide bonds. The zero-order valence-corrected chi connectivity index (χ0v) is 12.0. The molecule has 22 heavy (non-hydrogen) atoms. The maximum absolute atomic E-state index is 11.1. The second-order valence-electron chi connectivity index (χ2n) is 4.29. The molecule has 0 aromatic heterocycles. The molecule has 1 N–H and O–H groups in total. The summed E-state index contributed by atoms with van der Waals surface area (Å²) in [5, 5.41) is 22.9. The van der Waals surface area contributed by atoms with Gasteiger partial charge in [-0.1, -0.05) is 0 Å². The topological polar surface area (TPSA) is 97.4 Å². The molecule has 0 spiro atoms. The van der Waals surface area contributed by atoms with Gasteiger partial charge in [-0.25, -0.2) is 0 Å². The van der Waals surface area contributed by atoms with E-state index in [-0.39, 0.29) is 16.9 Å². The second-order valence-corrected chi connectivity index (χ2v) is 4.29. The van der Waals surface area contributed by atoms with Crippen LogP contribution in [0.3, 0.4) is 0 Å². The van der Waals surface area contributed by atoms with Gasteiger partial charge in [-0.15, -0.1) is 0 Å². The molecule has 2 aromatic carbocycles. The Morgan fingerprint density at radius 1 is 1.14 bits per heavy atom. The van der Waals surface area contributed by atoms with Crippen molar-refractivity contribution in [3.63, 3.8) is 0 Å². The molecule has 0 atom stereocenters. The average molecular weight is 299 g/mol. The molecule has 0 saturated heterocycles. The summed E-state index contributed by atoms with van der Waals surface area (Å²) < 4.78 is 10.3. The van der Waals surface area contributed by atoms with Gasteiger partial charge in [0.1, 0.15) is 17.2 Å². The summed E-state index contributed by atoms with van der Waals surface area (Å²) >= 11 is 0. The number of rotatable bonds is 5. The maximum Gasteiger partial charge on any atom is 0.293 e. The molecule has 112 valence electrons. The monoisotopic (exact) mass is 299 g/mol. The lowest BCUT2D eigenvalue weighted by atomic mass is 10.1. The number of nitriles is 1. The Labute approximate surface area is 126 Å². The first-order chi connectivity index (χ1) is 10.6. The second kappa shape index (κ2) is 6.45. The van der Waals surface area contributed by atoms with Crippen LogP contribution in [0.5, 0.6) is 11.5 Å². The van der Waals surface area contributed by atoms with Gasteiger partial charge in [0.2, 0.25) is 0 Å². The summed E-state index contributed by atoms with van der Waals surface area (Å²) in [6, 6.07) is 11.2. The van der Waals surface area contributed by atoms with Crippen LogP contribution in [-0.2, 0) is 0 Å². The zero-order valence-electron chi connectivity index (χ0n) is 12.0. The van der Waals surface area contributed by atoms with Gasteiger partial charge in [0, 0.05) is 12.1 Å². The van der Waals surface area contributed by atoms with Gasteiger partial charge in [0.25, 0.3) is 5.69 Å². The van der Waals surface area contributed by atoms with Crippen molar-refractivity contribution in [1.82, 2.24) is 0 Å². The van der Waals surface area contributed by atoms with Crippen LogP contribution in [0.1, 0.15) is 5.56 Å². The summed E-state index contributed by atoms with van der Waals surface area (Å²) in [4.78, 5) is 10.6. The normalized spacial score (nSPS) is 9.68. The Morgan fingerprint density at radius 2 is 1.86 bits per heavy atom. The molecule has 0 bridgehead atoms. The first-order valence-corrected chi connectivity index (χ1v) is 6.26. The van der Waals surface area contributed by atoms with Crippen LogP contribution in [0.2, 0.25) is 0 Å². The molecule has 0 aliphatic carbocycles. The highest BCUT2D eigenvalue weighted by Gasteiger charge is 2.16. The Kier molecular flexibility index (Phi) is 4.44. The first-order valence-electron chi connectivity index (χ1n) is 6.26. The number of nitro groups is 1. The molecule has 0 aliphatic heterocycles. The van der Waals surface area contributed by atoms with E-state index in [0.717, 1.165) is 0 Å². The van der Waals surface area contributed by atoms with Gasteiger partial charge in [-0.2, -0.15) is 5.26 Å². The van der Waals surface area contributed by atoms with Crippen molar-refractivity contribution in [2.45, 2.75) is 0 Å². The highest BCUT2D eigenvalue weighted by Crippen LogP contribution is 2.34. The Balaban J connectivity index is 2.43. The molecule has 0 heterocycles. The smallest absolute Gasteiger partial charge is 0.293 e. The molecule has 0 radical (unpaired) electrons. The number of hydrogen-bond acceptors (Lipinski definition) is 6. The SMILES string of the molecule is COc1ccc(Nc2ccc(C#N)cc2[N+](=O)[O-])c(OC)c1. The van der Waals surface area contributed by atoms with Crippen LogP contribution < -0.4 is 14.8 Å². The van der Waals surface area contributed by atoms with E-state index in [1.165, 1.54) is 32.4 Å². The van der Waals surface area contributed by atoms with Gasteiger partial charge < -0.3 is 14.8 Å². The number of anilines is 2. The lowest BCUT2D eigenvalue weighted by Crippen LogP contribution is -1.99. The van der Waals surface area contributed by atoms with Crippen LogP contribution in [0.4, 0.5) is 17.1 Å².